The van der Waals surface area contributed by atoms with E-state index >= 15 is 0 Å². The third-order valence-corrected chi connectivity index (χ3v) is 3.20. The predicted molar refractivity (Wildman–Crippen MR) is 76.2 cm³/mol. The van der Waals surface area contributed by atoms with Crippen molar-refractivity contribution in [1.29, 1.82) is 0 Å². The summed E-state index contributed by atoms with van der Waals surface area (Å²) >= 11 is 0. The third kappa shape index (κ3) is 3.83. The highest BCUT2D eigenvalue weighted by molar-refractivity contribution is 5.42. The van der Waals surface area contributed by atoms with Crippen LogP contribution in [0, 0.1) is 13.8 Å². The molecule has 0 bridgehead atoms. The number of benzene rings is 1. The second-order valence-corrected chi connectivity index (χ2v) is 4.89. The van der Waals surface area contributed by atoms with Crippen LogP contribution in [0.3, 0.4) is 0 Å². The normalized spacial score (nSPS) is 10.8. The summed E-state index contributed by atoms with van der Waals surface area (Å²) in [5.41, 5.74) is 3.09. The summed E-state index contributed by atoms with van der Waals surface area (Å²) < 4.78 is 0. The summed E-state index contributed by atoms with van der Waals surface area (Å²) in [6, 6.07) is 4.06. The lowest BCUT2D eigenvalue weighted by molar-refractivity contribution is 0.466. The van der Waals surface area contributed by atoms with Crippen molar-refractivity contribution in [3.8, 4) is 5.75 Å². The van der Waals surface area contributed by atoms with E-state index in [0.29, 0.717) is 5.75 Å². The van der Waals surface area contributed by atoms with Crippen LogP contribution in [0.25, 0.3) is 0 Å². The topological polar surface area (TPSA) is 60.9 Å². The lowest BCUT2D eigenvalue weighted by Crippen LogP contribution is -2.15. The van der Waals surface area contributed by atoms with Gasteiger partial charge in [-0.1, -0.05) is 12.1 Å². The van der Waals surface area contributed by atoms with E-state index in [2.05, 4.69) is 15.3 Å². The highest BCUT2D eigenvalue weighted by Gasteiger charge is 2.03. The van der Waals surface area contributed by atoms with E-state index in [1.165, 1.54) is 5.56 Å². The molecule has 0 aliphatic rings. The molecule has 2 aromatic rings. The Labute approximate surface area is 113 Å². The molecule has 2 rings (SSSR count). The SMILES string of the molecule is Cc1cc(CNCCCc2ncc[nH]2)cc(C)c1O. The number of nitrogens with one attached hydrogen (secondary N) is 2. The summed E-state index contributed by atoms with van der Waals surface area (Å²) in [5.74, 6) is 1.44. The molecule has 0 saturated heterocycles. The molecule has 1 heterocycles. The molecule has 4 nitrogen and oxygen atoms in total. The lowest BCUT2D eigenvalue weighted by Gasteiger charge is -2.09. The highest BCUT2D eigenvalue weighted by atomic mass is 16.3. The van der Waals surface area contributed by atoms with Gasteiger partial charge in [0, 0.05) is 25.4 Å². The standard InChI is InChI=1S/C15H21N3O/c1-11-8-13(9-12(2)15(11)19)10-16-5-3-4-14-17-6-7-18-14/h6-9,16,19H,3-5,10H2,1-2H3,(H,17,18). The zero-order valence-corrected chi connectivity index (χ0v) is 11.5. The largest absolute Gasteiger partial charge is 0.507 e. The van der Waals surface area contributed by atoms with Crippen molar-refractivity contribution in [1.82, 2.24) is 15.3 Å². The van der Waals surface area contributed by atoms with Gasteiger partial charge in [0.25, 0.3) is 0 Å². The fraction of sp³-hybridized carbons (Fsp3) is 0.400. The van der Waals surface area contributed by atoms with Crippen LogP contribution in [-0.2, 0) is 13.0 Å². The van der Waals surface area contributed by atoms with Gasteiger partial charge in [-0.2, -0.15) is 0 Å². The number of phenolic OH excluding ortho intramolecular Hbond substituents is 1. The van der Waals surface area contributed by atoms with Gasteiger partial charge in [-0.25, -0.2) is 4.98 Å². The Bertz CT molecular complexity index is 497. The van der Waals surface area contributed by atoms with E-state index in [1.54, 1.807) is 6.20 Å². The van der Waals surface area contributed by atoms with Crippen LogP contribution < -0.4 is 5.32 Å². The predicted octanol–water partition coefficient (Wildman–Crippen LogP) is 2.45. The van der Waals surface area contributed by atoms with Crippen LogP contribution in [0.15, 0.2) is 24.5 Å². The Morgan fingerprint density at radius 3 is 2.63 bits per heavy atom. The fourth-order valence-electron chi connectivity index (χ4n) is 2.20. The molecule has 102 valence electrons. The van der Waals surface area contributed by atoms with Crippen molar-refractivity contribution < 1.29 is 5.11 Å². The molecule has 0 radical (unpaired) electrons. The van der Waals surface area contributed by atoms with Crippen molar-refractivity contribution in [2.75, 3.05) is 6.54 Å². The molecule has 0 aliphatic heterocycles. The summed E-state index contributed by atoms with van der Waals surface area (Å²) in [6.07, 6.45) is 5.66. The van der Waals surface area contributed by atoms with E-state index in [1.807, 2.05) is 32.2 Å². The van der Waals surface area contributed by atoms with E-state index in [-0.39, 0.29) is 0 Å². The molecule has 0 saturated carbocycles. The maximum absolute atomic E-state index is 9.72. The number of hydrogen-bond donors (Lipinski definition) is 3. The molecule has 19 heavy (non-hydrogen) atoms. The van der Waals surface area contributed by atoms with E-state index in [0.717, 1.165) is 42.9 Å². The molecule has 0 atom stereocenters. The van der Waals surface area contributed by atoms with E-state index in [4.69, 9.17) is 0 Å². The molecule has 4 heteroatoms. The average molecular weight is 259 g/mol. The van der Waals surface area contributed by atoms with Gasteiger partial charge in [-0.3, -0.25) is 0 Å². The van der Waals surface area contributed by atoms with Gasteiger partial charge in [0.15, 0.2) is 0 Å². The highest BCUT2D eigenvalue weighted by Crippen LogP contribution is 2.22. The first-order valence-electron chi connectivity index (χ1n) is 6.65. The number of rotatable bonds is 6. The molecule has 3 N–H and O–H groups in total. The smallest absolute Gasteiger partial charge is 0.121 e. The lowest BCUT2D eigenvalue weighted by atomic mass is 10.1. The molecule has 0 unspecified atom stereocenters. The maximum Gasteiger partial charge on any atom is 0.121 e. The Morgan fingerprint density at radius 1 is 1.26 bits per heavy atom. The quantitative estimate of drug-likeness (QED) is 0.698. The summed E-state index contributed by atoms with van der Waals surface area (Å²) in [4.78, 5) is 7.29. The van der Waals surface area contributed by atoms with Crippen molar-refractivity contribution in [2.24, 2.45) is 0 Å². The van der Waals surface area contributed by atoms with Gasteiger partial charge < -0.3 is 15.4 Å². The number of nitrogens with zero attached hydrogens (tertiary/aromatic N) is 1. The first kappa shape index (κ1) is 13.6. The Hall–Kier alpha value is -1.81. The fourth-order valence-corrected chi connectivity index (χ4v) is 2.20. The monoisotopic (exact) mass is 259 g/mol. The maximum atomic E-state index is 9.72. The van der Waals surface area contributed by atoms with Gasteiger partial charge in [-0.05, 0) is 43.5 Å². The molecular weight excluding hydrogens is 238 g/mol. The number of phenols is 1. The summed E-state index contributed by atoms with van der Waals surface area (Å²) in [7, 11) is 0. The minimum absolute atomic E-state index is 0.404. The van der Waals surface area contributed by atoms with Crippen LogP contribution in [0.1, 0.15) is 28.9 Å². The molecule has 1 aromatic carbocycles. The molecule has 0 aliphatic carbocycles. The Kier molecular flexibility index (Phi) is 4.58. The molecule has 0 amide bonds. The number of hydrogen-bond acceptors (Lipinski definition) is 3. The average Bonchev–Trinajstić information content (AvgIpc) is 2.88. The van der Waals surface area contributed by atoms with E-state index in [9.17, 15) is 5.11 Å². The number of H-pyrrole nitrogens is 1. The second-order valence-electron chi connectivity index (χ2n) is 4.89. The number of aromatic hydroxyl groups is 1. The molecule has 0 fully saturated rings. The molecule has 0 spiro atoms. The Balaban J connectivity index is 1.74. The summed E-state index contributed by atoms with van der Waals surface area (Å²) in [6.45, 7) is 5.66. The van der Waals surface area contributed by atoms with Crippen LogP contribution in [0.4, 0.5) is 0 Å². The van der Waals surface area contributed by atoms with Gasteiger partial charge >= 0.3 is 0 Å². The molecular formula is C15H21N3O. The van der Waals surface area contributed by atoms with Crippen LogP contribution in [0.2, 0.25) is 0 Å². The first-order valence-corrected chi connectivity index (χ1v) is 6.65. The van der Waals surface area contributed by atoms with Crippen molar-refractivity contribution in [3.63, 3.8) is 0 Å². The minimum atomic E-state index is 0.404. The minimum Gasteiger partial charge on any atom is -0.507 e. The van der Waals surface area contributed by atoms with Crippen molar-refractivity contribution >= 4 is 0 Å². The van der Waals surface area contributed by atoms with Crippen LogP contribution >= 0.6 is 0 Å². The van der Waals surface area contributed by atoms with Gasteiger partial charge in [0.05, 0.1) is 0 Å². The van der Waals surface area contributed by atoms with Crippen LogP contribution in [0.5, 0.6) is 5.75 Å². The number of aromatic amines is 1. The third-order valence-electron chi connectivity index (χ3n) is 3.20. The number of aromatic nitrogens is 2. The van der Waals surface area contributed by atoms with Crippen LogP contribution in [-0.4, -0.2) is 21.6 Å². The Morgan fingerprint density at radius 2 is 2.00 bits per heavy atom. The van der Waals surface area contributed by atoms with Gasteiger partial charge in [0.2, 0.25) is 0 Å². The summed E-state index contributed by atoms with van der Waals surface area (Å²) in [5, 5.41) is 13.1. The van der Waals surface area contributed by atoms with E-state index < -0.39 is 0 Å². The van der Waals surface area contributed by atoms with Crippen molar-refractivity contribution in [2.45, 2.75) is 33.2 Å². The van der Waals surface area contributed by atoms with Gasteiger partial charge in [0.1, 0.15) is 11.6 Å². The van der Waals surface area contributed by atoms with Crippen molar-refractivity contribution in [3.05, 3.63) is 47.0 Å². The first-order chi connectivity index (χ1) is 9.16. The second kappa shape index (κ2) is 6.38. The van der Waals surface area contributed by atoms with Gasteiger partial charge in [-0.15, -0.1) is 0 Å². The zero-order valence-electron chi connectivity index (χ0n) is 11.5. The number of aryl methyl sites for hydroxylation is 3. The zero-order chi connectivity index (χ0) is 13.7. The number of imidazole rings is 1. The molecule has 1 aromatic heterocycles.